The van der Waals surface area contributed by atoms with Gasteiger partial charge in [-0.2, -0.15) is 0 Å². The summed E-state index contributed by atoms with van der Waals surface area (Å²) in [7, 11) is -1.79. The normalized spacial score (nSPS) is 11.5. The molecular weight excluding hydrogens is 368 g/mol. The van der Waals surface area contributed by atoms with Gasteiger partial charge in [-0.3, -0.25) is 9.52 Å². The molecule has 3 rings (SSSR count). The van der Waals surface area contributed by atoms with Crippen LogP contribution in [0.5, 0.6) is 0 Å². The van der Waals surface area contributed by atoms with Gasteiger partial charge in [-0.05, 0) is 37.3 Å². The Labute approximate surface area is 157 Å². The van der Waals surface area contributed by atoms with Gasteiger partial charge in [0, 0.05) is 29.4 Å². The zero-order valence-electron chi connectivity index (χ0n) is 15.0. The SMILES string of the molecule is CCS(=O)(=O)Nc1ccc(NC(=O)c2oc3ccccc3c2COC)cc1. The number of ether oxygens (including phenoxy) is 1. The molecule has 0 aliphatic heterocycles. The number of benzene rings is 2. The highest BCUT2D eigenvalue weighted by Gasteiger charge is 2.20. The lowest BCUT2D eigenvalue weighted by Gasteiger charge is -2.08. The summed E-state index contributed by atoms with van der Waals surface area (Å²) in [5, 5.41) is 3.58. The Morgan fingerprint density at radius 3 is 2.41 bits per heavy atom. The fourth-order valence-electron chi connectivity index (χ4n) is 2.63. The van der Waals surface area contributed by atoms with Crippen LogP contribution in [0.15, 0.2) is 52.9 Å². The molecule has 0 fully saturated rings. The van der Waals surface area contributed by atoms with E-state index in [0.717, 1.165) is 5.39 Å². The quantitative estimate of drug-likeness (QED) is 0.645. The summed E-state index contributed by atoms with van der Waals surface area (Å²) < 4.78 is 36.5. The van der Waals surface area contributed by atoms with E-state index >= 15 is 0 Å². The number of amides is 1. The molecule has 0 radical (unpaired) electrons. The van der Waals surface area contributed by atoms with Crippen LogP contribution >= 0.6 is 0 Å². The van der Waals surface area contributed by atoms with E-state index in [1.165, 1.54) is 0 Å². The Morgan fingerprint density at radius 1 is 1.07 bits per heavy atom. The zero-order chi connectivity index (χ0) is 19.4. The molecule has 0 aliphatic rings. The number of furan rings is 1. The average Bonchev–Trinajstić information content (AvgIpc) is 3.02. The summed E-state index contributed by atoms with van der Waals surface area (Å²) in [5.74, 6) is -0.228. The lowest BCUT2D eigenvalue weighted by atomic mass is 10.1. The van der Waals surface area contributed by atoms with Crippen molar-refractivity contribution in [3.05, 3.63) is 59.9 Å². The Kier molecular flexibility index (Phi) is 5.48. The number of para-hydroxylation sites is 1. The van der Waals surface area contributed by atoms with Crippen molar-refractivity contribution in [2.24, 2.45) is 0 Å². The van der Waals surface area contributed by atoms with Gasteiger partial charge >= 0.3 is 0 Å². The van der Waals surface area contributed by atoms with Crippen LogP contribution < -0.4 is 10.0 Å². The van der Waals surface area contributed by atoms with Crippen molar-refractivity contribution < 1.29 is 22.4 Å². The van der Waals surface area contributed by atoms with Crippen molar-refractivity contribution in [3.8, 4) is 0 Å². The predicted molar refractivity (Wildman–Crippen MR) is 104 cm³/mol. The second-order valence-electron chi connectivity index (χ2n) is 5.88. The summed E-state index contributed by atoms with van der Waals surface area (Å²) in [6, 6.07) is 13.8. The van der Waals surface area contributed by atoms with Crippen LogP contribution in [0.2, 0.25) is 0 Å². The summed E-state index contributed by atoms with van der Waals surface area (Å²) >= 11 is 0. The molecule has 8 heteroatoms. The van der Waals surface area contributed by atoms with Gasteiger partial charge in [0.15, 0.2) is 5.76 Å². The van der Waals surface area contributed by atoms with Crippen molar-refractivity contribution in [3.63, 3.8) is 0 Å². The number of hydrogen-bond donors (Lipinski definition) is 2. The third-order valence-corrected chi connectivity index (χ3v) is 5.30. The number of fused-ring (bicyclic) bond motifs is 1. The molecule has 27 heavy (non-hydrogen) atoms. The number of rotatable bonds is 7. The van der Waals surface area contributed by atoms with Crippen molar-refractivity contribution in [2.75, 3.05) is 22.9 Å². The number of anilines is 2. The molecule has 3 aromatic rings. The second kappa shape index (κ2) is 7.81. The monoisotopic (exact) mass is 388 g/mol. The van der Waals surface area contributed by atoms with Crippen LogP contribution in [0.4, 0.5) is 11.4 Å². The van der Waals surface area contributed by atoms with E-state index in [0.29, 0.717) is 22.5 Å². The maximum Gasteiger partial charge on any atom is 0.291 e. The molecule has 0 unspecified atom stereocenters. The second-order valence-corrected chi connectivity index (χ2v) is 7.89. The molecule has 0 saturated heterocycles. The average molecular weight is 388 g/mol. The fraction of sp³-hybridized carbons (Fsp3) is 0.211. The third-order valence-electron chi connectivity index (χ3n) is 3.99. The molecule has 0 spiro atoms. The third kappa shape index (κ3) is 4.29. The van der Waals surface area contributed by atoms with E-state index in [-0.39, 0.29) is 18.1 Å². The van der Waals surface area contributed by atoms with Gasteiger partial charge in [0.1, 0.15) is 5.58 Å². The standard InChI is InChI=1S/C19H20N2O5S/c1-3-27(23,24)21-14-10-8-13(9-11-14)20-19(22)18-16(12-25-2)15-6-4-5-7-17(15)26-18/h4-11,21H,3,12H2,1-2H3,(H,20,22). The van der Waals surface area contributed by atoms with E-state index in [4.69, 9.17) is 9.15 Å². The first-order chi connectivity index (χ1) is 12.9. The van der Waals surface area contributed by atoms with Gasteiger partial charge in [-0.25, -0.2) is 8.42 Å². The number of nitrogens with one attached hydrogen (secondary N) is 2. The van der Waals surface area contributed by atoms with Crippen LogP contribution in [0, 0.1) is 0 Å². The molecule has 0 bridgehead atoms. The summed E-state index contributed by atoms with van der Waals surface area (Å²) in [6.45, 7) is 1.80. The van der Waals surface area contributed by atoms with Gasteiger partial charge < -0.3 is 14.5 Å². The number of methoxy groups -OCH3 is 1. The highest BCUT2D eigenvalue weighted by molar-refractivity contribution is 7.92. The number of hydrogen-bond acceptors (Lipinski definition) is 5. The largest absolute Gasteiger partial charge is 0.451 e. The topological polar surface area (TPSA) is 97.6 Å². The molecule has 0 saturated carbocycles. The van der Waals surface area contributed by atoms with Crippen molar-refractivity contribution in [1.29, 1.82) is 0 Å². The fourth-order valence-corrected chi connectivity index (χ4v) is 3.27. The number of sulfonamides is 1. The van der Waals surface area contributed by atoms with Crippen molar-refractivity contribution in [2.45, 2.75) is 13.5 Å². The molecule has 142 valence electrons. The van der Waals surface area contributed by atoms with Crippen LogP contribution in [0.3, 0.4) is 0 Å². The lowest BCUT2D eigenvalue weighted by molar-refractivity contribution is 0.0992. The number of carbonyl (C=O) groups is 1. The summed E-state index contributed by atoms with van der Waals surface area (Å²) in [6.07, 6.45) is 0. The predicted octanol–water partition coefficient (Wildman–Crippen LogP) is 3.59. The zero-order valence-corrected chi connectivity index (χ0v) is 15.8. The Bertz CT molecular complexity index is 1060. The first kappa shape index (κ1) is 18.9. The van der Waals surface area contributed by atoms with Gasteiger partial charge in [-0.15, -0.1) is 0 Å². The minimum Gasteiger partial charge on any atom is -0.451 e. The van der Waals surface area contributed by atoms with E-state index in [9.17, 15) is 13.2 Å². The maximum absolute atomic E-state index is 12.7. The molecular formula is C19H20N2O5S. The maximum atomic E-state index is 12.7. The van der Waals surface area contributed by atoms with Crippen LogP contribution in [-0.4, -0.2) is 27.2 Å². The van der Waals surface area contributed by atoms with Crippen LogP contribution in [-0.2, 0) is 21.4 Å². The summed E-state index contributed by atoms with van der Waals surface area (Å²) in [4.78, 5) is 12.7. The van der Waals surface area contributed by atoms with Crippen LogP contribution in [0.1, 0.15) is 23.0 Å². The van der Waals surface area contributed by atoms with E-state index in [1.54, 1.807) is 44.4 Å². The first-order valence-corrected chi connectivity index (χ1v) is 10.00. The van der Waals surface area contributed by atoms with Gasteiger partial charge in [0.2, 0.25) is 10.0 Å². The first-order valence-electron chi connectivity index (χ1n) is 8.34. The van der Waals surface area contributed by atoms with E-state index < -0.39 is 15.9 Å². The van der Waals surface area contributed by atoms with Crippen molar-refractivity contribution in [1.82, 2.24) is 0 Å². The number of carbonyl (C=O) groups excluding carboxylic acids is 1. The molecule has 0 atom stereocenters. The summed E-state index contributed by atoms with van der Waals surface area (Å²) in [5.41, 5.74) is 2.24. The highest BCUT2D eigenvalue weighted by Crippen LogP contribution is 2.27. The molecule has 1 amide bonds. The molecule has 2 aromatic carbocycles. The lowest BCUT2D eigenvalue weighted by Crippen LogP contribution is -2.15. The minimum atomic E-state index is -3.34. The Hall–Kier alpha value is -2.84. The van der Waals surface area contributed by atoms with E-state index in [1.807, 2.05) is 18.2 Å². The van der Waals surface area contributed by atoms with E-state index in [2.05, 4.69) is 10.0 Å². The molecule has 2 N–H and O–H groups in total. The molecule has 1 aromatic heterocycles. The molecule has 1 heterocycles. The minimum absolute atomic E-state index is 0.0141. The van der Waals surface area contributed by atoms with Crippen molar-refractivity contribution >= 4 is 38.3 Å². The Morgan fingerprint density at radius 2 is 1.74 bits per heavy atom. The van der Waals surface area contributed by atoms with Gasteiger partial charge in [0.25, 0.3) is 5.91 Å². The molecule has 7 nitrogen and oxygen atoms in total. The van der Waals surface area contributed by atoms with Gasteiger partial charge in [0.05, 0.1) is 12.4 Å². The highest BCUT2D eigenvalue weighted by atomic mass is 32.2. The van der Waals surface area contributed by atoms with Gasteiger partial charge in [-0.1, -0.05) is 18.2 Å². The molecule has 0 aliphatic carbocycles. The smallest absolute Gasteiger partial charge is 0.291 e. The van der Waals surface area contributed by atoms with Crippen LogP contribution in [0.25, 0.3) is 11.0 Å². The Balaban J connectivity index is 1.81.